The van der Waals surface area contributed by atoms with Gasteiger partial charge in [-0.15, -0.1) is 0 Å². The predicted octanol–water partition coefficient (Wildman–Crippen LogP) is 1.87. The quantitative estimate of drug-likeness (QED) is 0.808. The first-order valence-corrected chi connectivity index (χ1v) is 4.54. The maximum atomic E-state index is 11.0. The number of aromatic nitrogens is 2. The van der Waals surface area contributed by atoms with Gasteiger partial charge in [-0.25, -0.2) is 5.10 Å². The van der Waals surface area contributed by atoms with Crippen LogP contribution in [0.1, 0.15) is 5.56 Å². The fourth-order valence-corrected chi connectivity index (χ4v) is 1.21. The molecular formula is C11H10N2O2. The number of aromatic amines is 1. The Bertz CT molecular complexity index is 520. The summed E-state index contributed by atoms with van der Waals surface area (Å²) < 4.78 is 5.51. The van der Waals surface area contributed by atoms with Gasteiger partial charge in [-0.05, 0) is 18.6 Å². The molecule has 0 unspecified atom stereocenters. The molecule has 0 atom stereocenters. The van der Waals surface area contributed by atoms with Crippen LogP contribution in [0.15, 0.2) is 41.3 Å². The average Bonchev–Trinajstić information content (AvgIpc) is 2.22. The van der Waals surface area contributed by atoms with E-state index < -0.39 is 0 Å². The summed E-state index contributed by atoms with van der Waals surface area (Å²) in [6.45, 7) is 1.94. The SMILES string of the molecule is Cc1ccccc1Oc1cn[nH]c(=O)c1. The Hall–Kier alpha value is -2.10. The summed E-state index contributed by atoms with van der Waals surface area (Å²) in [7, 11) is 0. The average molecular weight is 202 g/mol. The Balaban J connectivity index is 2.30. The molecule has 0 spiro atoms. The molecule has 0 radical (unpaired) electrons. The van der Waals surface area contributed by atoms with E-state index in [1.165, 1.54) is 12.3 Å². The fraction of sp³-hybridized carbons (Fsp3) is 0.0909. The van der Waals surface area contributed by atoms with Crippen molar-refractivity contribution in [2.75, 3.05) is 0 Å². The van der Waals surface area contributed by atoms with E-state index in [9.17, 15) is 4.79 Å². The highest BCUT2D eigenvalue weighted by molar-refractivity contribution is 5.35. The number of H-pyrrole nitrogens is 1. The fourth-order valence-electron chi connectivity index (χ4n) is 1.21. The van der Waals surface area contributed by atoms with Crippen LogP contribution in [0.25, 0.3) is 0 Å². The molecule has 4 heteroatoms. The van der Waals surface area contributed by atoms with Gasteiger partial charge in [0, 0.05) is 6.07 Å². The molecule has 1 aromatic heterocycles. The summed E-state index contributed by atoms with van der Waals surface area (Å²) >= 11 is 0. The summed E-state index contributed by atoms with van der Waals surface area (Å²) in [6, 6.07) is 8.95. The third kappa shape index (κ3) is 2.22. The van der Waals surface area contributed by atoms with Crippen LogP contribution < -0.4 is 10.3 Å². The molecular weight excluding hydrogens is 192 g/mol. The first-order chi connectivity index (χ1) is 7.25. The molecule has 0 aliphatic carbocycles. The second-order valence-corrected chi connectivity index (χ2v) is 3.15. The summed E-state index contributed by atoms with van der Waals surface area (Å²) in [5.41, 5.74) is 0.735. The number of nitrogens with one attached hydrogen (secondary N) is 1. The number of ether oxygens (including phenoxy) is 1. The number of para-hydroxylation sites is 1. The zero-order valence-electron chi connectivity index (χ0n) is 8.23. The molecule has 0 saturated carbocycles. The molecule has 2 rings (SSSR count). The summed E-state index contributed by atoms with van der Waals surface area (Å²) in [4.78, 5) is 11.0. The van der Waals surface area contributed by atoms with Crippen LogP contribution >= 0.6 is 0 Å². The van der Waals surface area contributed by atoms with Gasteiger partial charge in [-0.2, -0.15) is 5.10 Å². The number of rotatable bonds is 2. The minimum absolute atomic E-state index is 0.277. The molecule has 0 saturated heterocycles. The van der Waals surface area contributed by atoms with Crippen molar-refractivity contribution in [3.05, 3.63) is 52.4 Å². The smallest absolute Gasteiger partial charge is 0.267 e. The van der Waals surface area contributed by atoms with E-state index in [1.807, 2.05) is 31.2 Å². The third-order valence-electron chi connectivity index (χ3n) is 1.96. The van der Waals surface area contributed by atoms with Crippen molar-refractivity contribution >= 4 is 0 Å². The monoisotopic (exact) mass is 202 g/mol. The lowest BCUT2D eigenvalue weighted by Crippen LogP contribution is -2.05. The summed E-state index contributed by atoms with van der Waals surface area (Å²) in [5, 5.41) is 5.93. The van der Waals surface area contributed by atoms with Gasteiger partial charge in [-0.1, -0.05) is 18.2 Å². The van der Waals surface area contributed by atoms with Crippen molar-refractivity contribution in [3.8, 4) is 11.5 Å². The van der Waals surface area contributed by atoms with E-state index in [4.69, 9.17) is 4.74 Å². The molecule has 4 nitrogen and oxygen atoms in total. The highest BCUT2D eigenvalue weighted by Gasteiger charge is 2.00. The van der Waals surface area contributed by atoms with Crippen molar-refractivity contribution < 1.29 is 4.74 Å². The van der Waals surface area contributed by atoms with E-state index in [2.05, 4.69) is 10.2 Å². The second kappa shape index (κ2) is 3.96. The summed E-state index contributed by atoms with van der Waals surface area (Å²) in [6.07, 6.45) is 1.47. The van der Waals surface area contributed by atoms with Gasteiger partial charge in [0.2, 0.25) is 0 Å². The van der Waals surface area contributed by atoms with E-state index in [0.717, 1.165) is 11.3 Å². The Morgan fingerprint density at radius 2 is 2.13 bits per heavy atom. The Morgan fingerprint density at radius 3 is 2.87 bits per heavy atom. The Morgan fingerprint density at radius 1 is 1.33 bits per heavy atom. The maximum absolute atomic E-state index is 11.0. The Labute approximate surface area is 86.5 Å². The zero-order chi connectivity index (χ0) is 10.7. The third-order valence-corrected chi connectivity index (χ3v) is 1.96. The molecule has 1 aromatic carbocycles. The predicted molar refractivity (Wildman–Crippen MR) is 56.1 cm³/mol. The minimum Gasteiger partial charge on any atom is -0.455 e. The van der Waals surface area contributed by atoms with Crippen LogP contribution in [0, 0.1) is 6.92 Å². The second-order valence-electron chi connectivity index (χ2n) is 3.15. The molecule has 2 aromatic rings. The zero-order valence-corrected chi connectivity index (χ0v) is 8.23. The highest BCUT2D eigenvalue weighted by atomic mass is 16.5. The lowest BCUT2D eigenvalue weighted by Gasteiger charge is -2.06. The van der Waals surface area contributed by atoms with E-state index in [-0.39, 0.29) is 5.56 Å². The van der Waals surface area contributed by atoms with Crippen molar-refractivity contribution in [2.24, 2.45) is 0 Å². The number of nitrogens with zero attached hydrogens (tertiary/aromatic N) is 1. The normalized spacial score (nSPS) is 9.93. The van der Waals surface area contributed by atoms with Gasteiger partial charge >= 0.3 is 0 Å². The number of hydrogen-bond donors (Lipinski definition) is 1. The minimum atomic E-state index is -0.277. The van der Waals surface area contributed by atoms with Gasteiger partial charge in [-0.3, -0.25) is 4.79 Å². The van der Waals surface area contributed by atoms with Crippen LogP contribution in [-0.2, 0) is 0 Å². The van der Waals surface area contributed by atoms with Crippen LogP contribution in [0.3, 0.4) is 0 Å². The van der Waals surface area contributed by atoms with Crippen LogP contribution in [-0.4, -0.2) is 10.2 Å². The topological polar surface area (TPSA) is 55.0 Å². The number of benzene rings is 1. The molecule has 76 valence electrons. The standard InChI is InChI=1S/C11H10N2O2/c1-8-4-2-3-5-10(8)15-9-6-11(14)13-12-7-9/h2-7H,1H3,(H,13,14). The van der Waals surface area contributed by atoms with Crippen molar-refractivity contribution in [1.29, 1.82) is 0 Å². The molecule has 0 aliphatic heterocycles. The summed E-state index contributed by atoms with van der Waals surface area (Å²) in [5.74, 6) is 1.16. The van der Waals surface area contributed by atoms with Crippen molar-refractivity contribution in [3.63, 3.8) is 0 Å². The molecule has 15 heavy (non-hydrogen) atoms. The molecule has 0 amide bonds. The molecule has 1 heterocycles. The van der Waals surface area contributed by atoms with Gasteiger partial charge in [0.05, 0.1) is 6.20 Å². The molecule has 0 bridgehead atoms. The van der Waals surface area contributed by atoms with Gasteiger partial charge < -0.3 is 4.74 Å². The van der Waals surface area contributed by atoms with Crippen LogP contribution in [0.5, 0.6) is 11.5 Å². The molecule has 0 aliphatic rings. The number of hydrogen-bond acceptors (Lipinski definition) is 3. The first-order valence-electron chi connectivity index (χ1n) is 4.54. The maximum Gasteiger partial charge on any atom is 0.267 e. The highest BCUT2D eigenvalue weighted by Crippen LogP contribution is 2.22. The lowest BCUT2D eigenvalue weighted by atomic mass is 10.2. The van der Waals surface area contributed by atoms with Crippen LogP contribution in [0.2, 0.25) is 0 Å². The largest absolute Gasteiger partial charge is 0.455 e. The lowest BCUT2D eigenvalue weighted by molar-refractivity contribution is 0.473. The van der Waals surface area contributed by atoms with E-state index in [0.29, 0.717) is 5.75 Å². The molecule has 1 N–H and O–H groups in total. The van der Waals surface area contributed by atoms with E-state index in [1.54, 1.807) is 0 Å². The van der Waals surface area contributed by atoms with Gasteiger partial charge in [0.1, 0.15) is 5.75 Å². The number of aryl methyl sites for hydroxylation is 1. The van der Waals surface area contributed by atoms with Gasteiger partial charge in [0.25, 0.3) is 5.56 Å². The molecule has 0 fully saturated rings. The van der Waals surface area contributed by atoms with Gasteiger partial charge in [0.15, 0.2) is 5.75 Å². The Kier molecular flexibility index (Phi) is 2.49. The first kappa shape index (κ1) is 9.45. The van der Waals surface area contributed by atoms with Crippen LogP contribution in [0.4, 0.5) is 0 Å². The van der Waals surface area contributed by atoms with Crippen molar-refractivity contribution in [1.82, 2.24) is 10.2 Å². The van der Waals surface area contributed by atoms with E-state index >= 15 is 0 Å². The van der Waals surface area contributed by atoms with Crippen molar-refractivity contribution in [2.45, 2.75) is 6.92 Å².